The van der Waals surface area contributed by atoms with Crippen LogP contribution in [0.2, 0.25) is 0 Å². The maximum atomic E-state index is 12.3. The molecule has 3 aromatic carbocycles. The molecule has 4 N–H and O–H groups in total. The lowest BCUT2D eigenvalue weighted by Gasteiger charge is -2.09. The summed E-state index contributed by atoms with van der Waals surface area (Å²) in [7, 11) is 0. The molecule has 0 radical (unpaired) electrons. The molecule has 0 atom stereocenters. The average Bonchev–Trinajstić information content (AvgIpc) is 2.48. The number of nitrogens with one attached hydrogen (secondary N) is 1. The van der Waals surface area contributed by atoms with Crippen molar-refractivity contribution in [3.05, 3.63) is 66.2 Å². The second-order valence-corrected chi connectivity index (χ2v) is 4.76. The normalized spacial score (nSPS) is 10.5. The number of hydrogen-bond acceptors (Lipinski definition) is 3. The van der Waals surface area contributed by atoms with Crippen molar-refractivity contribution in [2.24, 2.45) is 0 Å². The molecule has 0 unspecified atom stereocenters. The van der Waals surface area contributed by atoms with E-state index in [1.165, 1.54) is 0 Å². The van der Waals surface area contributed by atoms with Crippen LogP contribution in [-0.2, 0) is 0 Å². The van der Waals surface area contributed by atoms with Gasteiger partial charge in [0.1, 0.15) is 5.75 Å². The zero-order valence-electron chi connectivity index (χ0n) is 11.2. The van der Waals surface area contributed by atoms with Gasteiger partial charge in [0, 0.05) is 16.8 Å². The number of benzene rings is 3. The number of nitrogens with two attached hydrogens (primary N) is 1. The SMILES string of the molecule is Nc1cccc(NC(=O)c2ccc3ccccc3c2O)c1. The van der Waals surface area contributed by atoms with Crippen LogP contribution in [0, 0.1) is 0 Å². The molecule has 0 fully saturated rings. The molecule has 0 aromatic heterocycles. The van der Waals surface area contributed by atoms with Gasteiger partial charge in [-0.1, -0.05) is 36.4 Å². The highest BCUT2D eigenvalue weighted by atomic mass is 16.3. The summed E-state index contributed by atoms with van der Waals surface area (Å²) in [4.78, 5) is 12.3. The highest BCUT2D eigenvalue weighted by Crippen LogP contribution is 2.29. The molecule has 3 rings (SSSR count). The minimum absolute atomic E-state index is 0.0190. The molecule has 0 aliphatic heterocycles. The first-order valence-electron chi connectivity index (χ1n) is 6.53. The maximum Gasteiger partial charge on any atom is 0.259 e. The quantitative estimate of drug-likeness (QED) is 0.629. The monoisotopic (exact) mass is 278 g/mol. The van der Waals surface area contributed by atoms with E-state index in [0.717, 1.165) is 5.39 Å². The molecule has 21 heavy (non-hydrogen) atoms. The lowest BCUT2D eigenvalue weighted by Crippen LogP contribution is -2.12. The molecule has 0 heterocycles. The lowest BCUT2D eigenvalue weighted by molar-refractivity contribution is 0.102. The van der Waals surface area contributed by atoms with E-state index in [4.69, 9.17) is 5.73 Å². The van der Waals surface area contributed by atoms with Crippen LogP contribution in [0.1, 0.15) is 10.4 Å². The number of phenols is 1. The third kappa shape index (κ3) is 2.51. The van der Waals surface area contributed by atoms with E-state index in [2.05, 4.69) is 5.32 Å². The summed E-state index contributed by atoms with van der Waals surface area (Å²) in [5, 5.41) is 14.5. The Morgan fingerprint density at radius 2 is 1.81 bits per heavy atom. The van der Waals surface area contributed by atoms with Gasteiger partial charge in [-0.05, 0) is 29.7 Å². The number of fused-ring (bicyclic) bond motifs is 1. The minimum Gasteiger partial charge on any atom is -0.506 e. The van der Waals surface area contributed by atoms with Crippen LogP contribution >= 0.6 is 0 Å². The van der Waals surface area contributed by atoms with Crippen molar-refractivity contribution in [1.29, 1.82) is 0 Å². The Balaban J connectivity index is 1.96. The maximum absolute atomic E-state index is 12.3. The van der Waals surface area contributed by atoms with Crippen molar-refractivity contribution in [1.82, 2.24) is 0 Å². The Kier molecular flexibility index (Phi) is 3.20. The number of amides is 1. The molecule has 3 aromatic rings. The molecule has 0 bridgehead atoms. The zero-order chi connectivity index (χ0) is 14.8. The van der Waals surface area contributed by atoms with E-state index in [0.29, 0.717) is 16.8 Å². The first-order chi connectivity index (χ1) is 10.1. The number of anilines is 2. The van der Waals surface area contributed by atoms with Crippen LogP contribution in [0.4, 0.5) is 11.4 Å². The summed E-state index contributed by atoms with van der Waals surface area (Å²) < 4.78 is 0. The standard InChI is InChI=1S/C17H14N2O2/c18-12-5-3-6-13(10-12)19-17(21)15-9-8-11-4-1-2-7-14(11)16(15)20/h1-10,20H,18H2,(H,19,21). The zero-order valence-corrected chi connectivity index (χ0v) is 11.2. The van der Waals surface area contributed by atoms with Crippen LogP contribution in [0.15, 0.2) is 60.7 Å². The Bertz CT molecular complexity index is 828. The van der Waals surface area contributed by atoms with Gasteiger partial charge in [0.25, 0.3) is 5.91 Å². The number of carbonyl (C=O) groups excluding carboxylic acids is 1. The number of hydrogen-bond donors (Lipinski definition) is 3. The van der Waals surface area contributed by atoms with Crippen LogP contribution < -0.4 is 11.1 Å². The summed E-state index contributed by atoms with van der Waals surface area (Å²) >= 11 is 0. The third-order valence-electron chi connectivity index (χ3n) is 3.29. The van der Waals surface area contributed by atoms with Crippen molar-refractivity contribution in [3.8, 4) is 5.75 Å². The number of carbonyl (C=O) groups is 1. The smallest absolute Gasteiger partial charge is 0.259 e. The van der Waals surface area contributed by atoms with Crippen molar-refractivity contribution in [2.45, 2.75) is 0 Å². The minimum atomic E-state index is -0.371. The molecule has 4 heteroatoms. The van der Waals surface area contributed by atoms with Gasteiger partial charge in [-0.15, -0.1) is 0 Å². The number of aromatic hydroxyl groups is 1. The Morgan fingerprint density at radius 3 is 2.62 bits per heavy atom. The topological polar surface area (TPSA) is 75.3 Å². The second-order valence-electron chi connectivity index (χ2n) is 4.76. The Labute approximate surface area is 121 Å². The van der Waals surface area contributed by atoms with Gasteiger partial charge in [-0.2, -0.15) is 0 Å². The summed E-state index contributed by atoms with van der Waals surface area (Å²) in [6.07, 6.45) is 0. The highest BCUT2D eigenvalue weighted by Gasteiger charge is 2.13. The second kappa shape index (κ2) is 5.17. The average molecular weight is 278 g/mol. The molecule has 0 aliphatic rings. The van der Waals surface area contributed by atoms with Crippen LogP contribution in [0.25, 0.3) is 10.8 Å². The fourth-order valence-electron chi connectivity index (χ4n) is 2.25. The molecular formula is C17H14N2O2. The van der Waals surface area contributed by atoms with Crippen LogP contribution in [0.3, 0.4) is 0 Å². The molecule has 0 saturated carbocycles. The van der Waals surface area contributed by atoms with Crippen molar-refractivity contribution in [3.63, 3.8) is 0 Å². The lowest BCUT2D eigenvalue weighted by atomic mass is 10.0. The number of phenolic OH excluding ortho intramolecular Hbond substituents is 1. The highest BCUT2D eigenvalue weighted by molar-refractivity contribution is 6.09. The van der Waals surface area contributed by atoms with E-state index >= 15 is 0 Å². The third-order valence-corrected chi connectivity index (χ3v) is 3.29. The molecule has 4 nitrogen and oxygen atoms in total. The fourth-order valence-corrected chi connectivity index (χ4v) is 2.25. The number of nitrogen functional groups attached to an aromatic ring is 1. The molecular weight excluding hydrogens is 264 g/mol. The summed E-state index contributed by atoms with van der Waals surface area (Å²) in [6, 6.07) is 17.7. The van der Waals surface area contributed by atoms with Crippen LogP contribution in [-0.4, -0.2) is 11.0 Å². The van der Waals surface area contributed by atoms with Gasteiger partial charge >= 0.3 is 0 Å². The van der Waals surface area contributed by atoms with Crippen molar-refractivity contribution < 1.29 is 9.90 Å². The molecule has 0 spiro atoms. The summed E-state index contributed by atoms with van der Waals surface area (Å²) in [6.45, 7) is 0. The molecule has 0 aliphatic carbocycles. The molecule has 104 valence electrons. The first-order valence-corrected chi connectivity index (χ1v) is 6.53. The predicted octanol–water partition coefficient (Wildman–Crippen LogP) is 3.38. The summed E-state index contributed by atoms with van der Waals surface area (Å²) in [5.74, 6) is -0.390. The Hall–Kier alpha value is -3.01. The van der Waals surface area contributed by atoms with E-state index < -0.39 is 0 Å². The molecule has 0 saturated heterocycles. The predicted molar refractivity (Wildman–Crippen MR) is 84.4 cm³/mol. The van der Waals surface area contributed by atoms with Crippen LogP contribution in [0.5, 0.6) is 5.75 Å². The van der Waals surface area contributed by atoms with Crippen molar-refractivity contribution in [2.75, 3.05) is 11.1 Å². The molecule has 1 amide bonds. The first kappa shape index (κ1) is 13.0. The van der Waals surface area contributed by atoms with Crippen molar-refractivity contribution >= 4 is 28.1 Å². The van der Waals surface area contributed by atoms with Gasteiger partial charge in [0.15, 0.2) is 0 Å². The Morgan fingerprint density at radius 1 is 1.00 bits per heavy atom. The van der Waals surface area contributed by atoms with E-state index in [9.17, 15) is 9.90 Å². The fraction of sp³-hybridized carbons (Fsp3) is 0. The number of rotatable bonds is 2. The van der Waals surface area contributed by atoms with Gasteiger partial charge in [-0.3, -0.25) is 4.79 Å². The largest absolute Gasteiger partial charge is 0.506 e. The van der Waals surface area contributed by atoms with Gasteiger partial charge in [-0.25, -0.2) is 0 Å². The van der Waals surface area contributed by atoms with Gasteiger partial charge in [0.2, 0.25) is 0 Å². The van der Waals surface area contributed by atoms with E-state index in [1.54, 1.807) is 36.4 Å². The van der Waals surface area contributed by atoms with E-state index in [1.807, 2.05) is 24.3 Å². The van der Waals surface area contributed by atoms with E-state index in [-0.39, 0.29) is 17.2 Å². The summed E-state index contributed by atoms with van der Waals surface area (Å²) in [5.41, 5.74) is 7.06. The van der Waals surface area contributed by atoms with Gasteiger partial charge < -0.3 is 16.2 Å². The van der Waals surface area contributed by atoms with Gasteiger partial charge in [0.05, 0.1) is 5.56 Å².